The summed E-state index contributed by atoms with van der Waals surface area (Å²) < 4.78 is 7.49. The number of ether oxygens (including phenoxy) is 1. The predicted octanol–water partition coefficient (Wildman–Crippen LogP) is 1.95. The van der Waals surface area contributed by atoms with E-state index in [9.17, 15) is 15.3 Å². The molecule has 5 rings (SSSR count). The summed E-state index contributed by atoms with van der Waals surface area (Å²) in [6, 6.07) is 17.8. The molecule has 2 aromatic heterocycles. The molecule has 1 saturated heterocycles. The topological polar surface area (TPSA) is 139 Å². The summed E-state index contributed by atoms with van der Waals surface area (Å²) in [5.74, 6) is 0.598. The molecule has 9 nitrogen and oxygen atoms in total. The van der Waals surface area contributed by atoms with Gasteiger partial charge < -0.3 is 35.7 Å². The van der Waals surface area contributed by atoms with E-state index in [1.807, 2.05) is 60.8 Å². The molecule has 34 heavy (non-hydrogen) atoms. The molecular weight excluding hydrogens is 434 g/mol. The van der Waals surface area contributed by atoms with Gasteiger partial charge in [-0.15, -0.1) is 0 Å². The lowest BCUT2D eigenvalue weighted by Gasteiger charge is -2.17. The molecule has 6 N–H and O–H groups in total. The fourth-order valence-corrected chi connectivity index (χ4v) is 4.38. The normalized spacial score (nSPS) is 22.4. The molecular formula is C25H27N5O4. The van der Waals surface area contributed by atoms with Crippen molar-refractivity contribution in [2.24, 2.45) is 5.73 Å². The molecule has 0 aliphatic carbocycles. The molecule has 0 unspecified atom stereocenters. The largest absolute Gasteiger partial charge is 0.394 e. The Bertz CT molecular complexity index is 1260. The van der Waals surface area contributed by atoms with Crippen LogP contribution in [0.3, 0.4) is 0 Å². The van der Waals surface area contributed by atoms with E-state index in [1.54, 1.807) is 4.57 Å². The van der Waals surface area contributed by atoms with Crippen molar-refractivity contribution in [3.8, 4) is 11.1 Å². The van der Waals surface area contributed by atoms with Crippen molar-refractivity contribution in [3.63, 3.8) is 0 Å². The van der Waals surface area contributed by atoms with Crippen molar-refractivity contribution in [1.29, 1.82) is 0 Å². The third-order valence-corrected chi connectivity index (χ3v) is 6.14. The zero-order valence-electron chi connectivity index (χ0n) is 18.5. The van der Waals surface area contributed by atoms with Gasteiger partial charge in [-0.2, -0.15) is 0 Å². The molecule has 1 fully saturated rings. The molecule has 1 aliphatic heterocycles. The Kier molecular flexibility index (Phi) is 6.27. The summed E-state index contributed by atoms with van der Waals surface area (Å²) >= 11 is 0. The van der Waals surface area contributed by atoms with Crippen molar-refractivity contribution < 1.29 is 20.1 Å². The van der Waals surface area contributed by atoms with Crippen LogP contribution < -0.4 is 11.1 Å². The fraction of sp³-hybridized carbons (Fsp3) is 0.280. The summed E-state index contributed by atoms with van der Waals surface area (Å²) in [6.45, 7) is 0.190. The van der Waals surface area contributed by atoms with E-state index < -0.39 is 31.1 Å². The van der Waals surface area contributed by atoms with Crippen LogP contribution in [0.2, 0.25) is 0 Å². The number of fused-ring (bicyclic) bond motifs is 1. The van der Waals surface area contributed by atoms with Crippen LogP contribution in [0.4, 0.5) is 11.5 Å². The van der Waals surface area contributed by atoms with Gasteiger partial charge in [-0.1, -0.05) is 42.5 Å². The van der Waals surface area contributed by atoms with Crippen molar-refractivity contribution in [2.45, 2.75) is 31.0 Å². The summed E-state index contributed by atoms with van der Waals surface area (Å²) in [7, 11) is 0. The average Bonchev–Trinajstić information content (AvgIpc) is 3.39. The first-order chi connectivity index (χ1) is 16.6. The molecule has 0 saturated carbocycles. The van der Waals surface area contributed by atoms with E-state index in [4.69, 9.17) is 10.5 Å². The van der Waals surface area contributed by atoms with E-state index in [2.05, 4.69) is 15.3 Å². The molecule has 0 spiro atoms. The fourth-order valence-electron chi connectivity index (χ4n) is 4.38. The Morgan fingerprint density at radius 1 is 1.00 bits per heavy atom. The number of rotatable bonds is 7. The van der Waals surface area contributed by atoms with E-state index in [0.717, 1.165) is 34.2 Å². The number of nitrogens with zero attached hydrogens (tertiary/aromatic N) is 3. The summed E-state index contributed by atoms with van der Waals surface area (Å²) in [5, 5.41) is 34.6. The van der Waals surface area contributed by atoms with Gasteiger partial charge in [0.1, 0.15) is 36.1 Å². The molecule has 1 aliphatic rings. The molecule has 176 valence electrons. The number of nitrogens with two attached hydrogens (primary N) is 1. The Morgan fingerprint density at radius 2 is 1.76 bits per heavy atom. The van der Waals surface area contributed by atoms with Gasteiger partial charge in [-0.05, 0) is 36.2 Å². The number of hydrogen-bond acceptors (Lipinski definition) is 8. The highest BCUT2D eigenvalue weighted by molar-refractivity contribution is 6.02. The van der Waals surface area contributed by atoms with Gasteiger partial charge in [-0.25, -0.2) is 9.97 Å². The quantitative estimate of drug-likeness (QED) is 0.282. The van der Waals surface area contributed by atoms with Crippen LogP contribution in [0.15, 0.2) is 67.1 Å². The number of anilines is 2. The Morgan fingerprint density at radius 3 is 2.44 bits per heavy atom. The van der Waals surface area contributed by atoms with E-state index in [0.29, 0.717) is 18.0 Å². The maximum Gasteiger partial charge on any atom is 0.164 e. The monoisotopic (exact) mass is 461 g/mol. The first kappa shape index (κ1) is 22.5. The predicted molar refractivity (Wildman–Crippen MR) is 128 cm³/mol. The van der Waals surface area contributed by atoms with Gasteiger partial charge in [0.2, 0.25) is 0 Å². The first-order valence-corrected chi connectivity index (χ1v) is 11.2. The minimum Gasteiger partial charge on any atom is -0.394 e. The summed E-state index contributed by atoms with van der Waals surface area (Å²) in [5.41, 5.74) is 9.99. The average molecular weight is 462 g/mol. The molecule has 4 atom stereocenters. The summed E-state index contributed by atoms with van der Waals surface area (Å²) in [6.07, 6.45) is -0.139. The number of benzene rings is 2. The SMILES string of the molecule is NCCc1ccc(Nc2ncnc3c2c(-c2ccccc2)cn3[C@@H]2O[C@@H](CO)[C@@H](O)[C@H]2O)cc1. The Labute approximate surface area is 196 Å². The number of aliphatic hydroxyl groups excluding tert-OH is 3. The zero-order valence-corrected chi connectivity index (χ0v) is 18.5. The minimum atomic E-state index is -1.22. The Hall–Kier alpha value is -3.34. The molecule has 4 aromatic rings. The zero-order chi connectivity index (χ0) is 23.7. The molecule has 0 bridgehead atoms. The lowest BCUT2D eigenvalue weighted by atomic mass is 10.1. The molecule has 0 amide bonds. The van der Waals surface area contributed by atoms with Crippen LogP contribution in [0.25, 0.3) is 22.2 Å². The molecule has 2 aromatic carbocycles. The maximum absolute atomic E-state index is 10.7. The lowest BCUT2D eigenvalue weighted by molar-refractivity contribution is -0.0508. The van der Waals surface area contributed by atoms with Crippen molar-refractivity contribution in [1.82, 2.24) is 14.5 Å². The van der Waals surface area contributed by atoms with Crippen LogP contribution in [0.5, 0.6) is 0 Å². The van der Waals surface area contributed by atoms with Gasteiger partial charge in [0.25, 0.3) is 0 Å². The van der Waals surface area contributed by atoms with Crippen LogP contribution in [-0.2, 0) is 11.2 Å². The van der Waals surface area contributed by atoms with Crippen LogP contribution in [-0.4, -0.2) is 61.3 Å². The second-order valence-corrected chi connectivity index (χ2v) is 8.33. The number of hydrogen-bond donors (Lipinski definition) is 5. The van der Waals surface area contributed by atoms with Gasteiger partial charge in [0, 0.05) is 17.4 Å². The standard InChI is InChI=1S/C25H27N5O4/c26-11-10-15-6-8-17(9-7-15)29-23-20-18(16-4-2-1-3-5-16)12-30(24(20)28-14-27-23)25-22(33)21(32)19(13-31)34-25/h1-9,12,14,19,21-22,25,31-33H,10-11,13,26H2,(H,27,28,29)/t19-,21+,22+,25+/m0/s1. The number of nitrogens with one attached hydrogen (secondary N) is 1. The van der Waals surface area contributed by atoms with Crippen molar-refractivity contribution in [2.75, 3.05) is 18.5 Å². The Balaban J connectivity index is 1.62. The van der Waals surface area contributed by atoms with Gasteiger partial charge >= 0.3 is 0 Å². The van der Waals surface area contributed by atoms with E-state index >= 15 is 0 Å². The van der Waals surface area contributed by atoms with Crippen LogP contribution in [0, 0.1) is 0 Å². The highest BCUT2D eigenvalue weighted by Gasteiger charge is 2.44. The van der Waals surface area contributed by atoms with Crippen molar-refractivity contribution >= 4 is 22.5 Å². The highest BCUT2D eigenvalue weighted by Crippen LogP contribution is 2.39. The minimum absolute atomic E-state index is 0.401. The lowest BCUT2D eigenvalue weighted by Crippen LogP contribution is -2.33. The molecule has 3 heterocycles. The van der Waals surface area contributed by atoms with E-state index in [1.165, 1.54) is 6.33 Å². The third-order valence-electron chi connectivity index (χ3n) is 6.14. The summed E-state index contributed by atoms with van der Waals surface area (Å²) in [4.78, 5) is 8.99. The van der Waals surface area contributed by atoms with Gasteiger partial charge in [0.15, 0.2) is 6.23 Å². The van der Waals surface area contributed by atoms with Crippen molar-refractivity contribution in [3.05, 3.63) is 72.7 Å². The second kappa shape index (κ2) is 9.49. The number of aliphatic hydroxyl groups is 3. The first-order valence-electron chi connectivity index (χ1n) is 11.2. The van der Waals surface area contributed by atoms with Gasteiger partial charge in [-0.3, -0.25) is 0 Å². The smallest absolute Gasteiger partial charge is 0.164 e. The van der Waals surface area contributed by atoms with E-state index in [-0.39, 0.29) is 0 Å². The number of aromatic nitrogens is 3. The molecule has 9 heteroatoms. The second-order valence-electron chi connectivity index (χ2n) is 8.33. The highest BCUT2D eigenvalue weighted by atomic mass is 16.6. The maximum atomic E-state index is 10.7. The van der Waals surface area contributed by atoms with Crippen LogP contribution >= 0.6 is 0 Å². The van der Waals surface area contributed by atoms with Crippen LogP contribution in [0.1, 0.15) is 11.8 Å². The third kappa shape index (κ3) is 4.04. The van der Waals surface area contributed by atoms with Gasteiger partial charge in [0.05, 0.1) is 12.0 Å². The molecule has 0 radical (unpaired) electrons.